The van der Waals surface area contributed by atoms with Crippen LogP contribution in [-0.2, 0) is 9.59 Å². The number of rotatable bonds is 2. The van der Waals surface area contributed by atoms with E-state index in [1.165, 1.54) is 0 Å². The van der Waals surface area contributed by atoms with Gasteiger partial charge in [-0.3, -0.25) is 4.79 Å². The molecule has 6 nitrogen and oxygen atoms in total. The first kappa shape index (κ1) is 18.8. The molecule has 0 aromatic carbocycles. The average Bonchev–Trinajstić information content (AvgIpc) is 2.86. The summed E-state index contributed by atoms with van der Waals surface area (Å²) in [6, 6.07) is 0. The van der Waals surface area contributed by atoms with Crippen molar-refractivity contribution in [3.8, 4) is 0 Å². The smallest absolute Gasteiger partial charge is 0.335 e. The minimum absolute atomic E-state index is 0.0177. The van der Waals surface area contributed by atoms with Crippen molar-refractivity contribution in [2.75, 3.05) is 0 Å². The second-order valence-corrected chi connectivity index (χ2v) is 9.42. The lowest BCUT2D eigenvalue weighted by Crippen LogP contribution is -2.63. The predicted octanol–water partition coefficient (Wildman–Crippen LogP) is 1.44. The molecule has 0 aromatic heterocycles. The van der Waals surface area contributed by atoms with Gasteiger partial charge < -0.3 is 20.4 Å². The Morgan fingerprint density at radius 2 is 2.00 bits per heavy atom. The van der Waals surface area contributed by atoms with Crippen molar-refractivity contribution < 1.29 is 30.0 Å². The van der Waals surface area contributed by atoms with Gasteiger partial charge in [-0.25, -0.2) is 4.79 Å². The van der Waals surface area contributed by atoms with Gasteiger partial charge in [0.15, 0.2) is 11.9 Å². The molecule has 0 aromatic rings. The fraction of sp³-hybridized carbons (Fsp3) is 0.714. The van der Waals surface area contributed by atoms with Crippen LogP contribution in [0.3, 0.4) is 0 Å². The van der Waals surface area contributed by atoms with E-state index in [9.17, 15) is 30.0 Å². The molecule has 4 N–H and O–H groups in total. The molecule has 0 amide bonds. The molecule has 0 heterocycles. The quantitative estimate of drug-likeness (QED) is 0.580. The zero-order chi connectivity index (χ0) is 19.8. The second-order valence-electron chi connectivity index (χ2n) is 9.42. The third-order valence-corrected chi connectivity index (χ3v) is 8.40. The Labute approximate surface area is 158 Å². The number of carbonyl (C=O) groups excluding carboxylic acids is 1. The largest absolute Gasteiger partial charge is 0.479 e. The fourth-order valence-corrected chi connectivity index (χ4v) is 7.02. The van der Waals surface area contributed by atoms with Crippen LogP contribution >= 0.6 is 0 Å². The zero-order valence-electron chi connectivity index (χ0n) is 15.8. The molecule has 4 aliphatic carbocycles. The molecule has 0 spiro atoms. The van der Waals surface area contributed by atoms with Gasteiger partial charge >= 0.3 is 5.97 Å². The molecule has 4 aliphatic rings. The Morgan fingerprint density at radius 3 is 2.67 bits per heavy atom. The van der Waals surface area contributed by atoms with E-state index in [2.05, 4.69) is 6.92 Å². The molecule has 4 rings (SSSR count). The van der Waals surface area contributed by atoms with Crippen LogP contribution in [0.2, 0.25) is 0 Å². The molecular formula is C21H28O6. The SMILES string of the molecule is C[C@]12C=CC(=O)C=C1CC[C@@H]1[C@@H]2C(O)C[C@@]2(C)[C@H]1CC[C@]2(O)C(O)C(=O)O. The first-order chi connectivity index (χ1) is 12.5. The van der Waals surface area contributed by atoms with Crippen LogP contribution in [0.15, 0.2) is 23.8 Å². The number of aliphatic hydroxyl groups is 3. The Balaban J connectivity index is 1.74. The molecule has 6 heteroatoms. The van der Waals surface area contributed by atoms with Crippen LogP contribution in [0.4, 0.5) is 0 Å². The van der Waals surface area contributed by atoms with E-state index in [1.807, 2.05) is 13.0 Å². The summed E-state index contributed by atoms with van der Waals surface area (Å²) in [6.45, 7) is 3.89. The first-order valence-corrected chi connectivity index (χ1v) is 9.80. The molecule has 0 aliphatic heterocycles. The average molecular weight is 376 g/mol. The lowest BCUT2D eigenvalue weighted by Gasteiger charge is -2.60. The summed E-state index contributed by atoms with van der Waals surface area (Å²) in [4.78, 5) is 23.2. The van der Waals surface area contributed by atoms with Crippen LogP contribution in [0.1, 0.15) is 46.0 Å². The minimum Gasteiger partial charge on any atom is -0.479 e. The first-order valence-electron chi connectivity index (χ1n) is 9.80. The molecular weight excluding hydrogens is 348 g/mol. The number of ketones is 1. The predicted molar refractivity (Wildman–Crippen MR) is 96.6 cm³/mol. The van der Waals surface area contributed by atoms with E-state index in [0.717, 1.165) is 18.4 Å². The lowest BCUT2D eigenvalue weighted by molar-refractivity contribution is -0.207. The van der Waals surface area contributed by atoms with Gasteiger partial charge in [0.2, 0.25) is 0 Å². The van der Waals surface area contributed by atoms with E-state index >= 15 is 0 Å². The van der Waals surface area contributed by atoms with Gasteiger partial charge in [-0.15, -0.1) is 0 Å². The summed E-state index contributed by atoms with van der Waals surface area (Å²) in [5.41, 5.74) is -1.95. The van der Waals surface area contributed by atoms with Crippen molar-refractivity contribution in [3.63, 3.8) is 0 Å². The number of carbonyl (C=O) groups is 2. The highest BCUT2D eigenvalue weighted by Gasteiger charge is 2.68. The number of carboxylic acid groups (broad SMARTS) is 1. The van der Waals surface area contributed by atoms with Crippen molar-refractivity contribution >= 4 is 11.8 Å². The Kier molecular flexibility index (Phi) is 4.01. The highest BCUT2D eigenvalue weighted by molar-refractivity contribution is 6.01. The molecule has 0 radical (unpaired) electrons. The van der Waals surface area contributed by atoms with Gasteiger partial charge in [-0.05, 0) is 56.1 Å². The van der Waals surface area contributed by atoms with E-state index in [-0.39, 0.29) is 36.4 Å². The van der Waals surface area contributed by atoms with Crippen LogP contribution in [0, 0.1) is 28.6 Å². The van der Waals surface area contributed by atoms with E-state index < -0.39 is 34.6 Å². The van der Waals surface area contributed by atoms with Gasteiger partial charge in [0, 0.05) is 16.7 Å². The summed E-state index contributed by atoms with van der Waals surface area (Å²) in [6.07, 6.45) is 5.21. The summed E-state index contributed by atoms with van der Waals surface area (Å²) < 4.78 is 0. The summed E-state index contributed by atoms with van der Waals surface area (Å²) >= 11 is 0. The topological polar surface area (TPSA) is 115 Å². The standard InChI is InChI=1S/C21H28O6/c1-19-7-5-12(22)9-11(19)3-4-13-14-6-8-21(27,17(24)18(25)26)20(14,2)10-15(23)16(13)19/h5,7,9,13-17,23-24,27H,3-4,6,8,10H2,1-2H3,(H,25,26)/t13-,14-,15?,16+,17?,19-,20-,21-/m0/s1. The minimum atomic E-state index is -1.86. The van der Waals surface area contributed by atoms with Crippen molar-refractivity contribution in [2.24, 2.45) is 28.6 Å². The van der Waals surface area contributed by atoms with Crippen LogP contribution in [0.25, 0.3) is 0 Å². The van der Waals surface area contributed by atoms with Gasteiger partial charge in [-0.1, -0.05) is 25.5 Å². The maximum absolute atomic E-state index is 11.8. The fourth-order valence-electron chi connectivity index (χ4n) is 7.02. The van der Waals surface area contributed by atoms with Gasteiger partial charge in [0.1, 0.15) is 5.60 Å². The maximum Gasteiger partial charge on any atom is 0.335 e. The van der Waals surface area contributed by atoms with Crippen molar-refractivity contribution in [3.05, 3.63) is 23.8 Å². The van der Waals surface area contributed by atoms with Crippen LogP contribution < -0.4 is 0 Å². The Bertz CT molecular complexity index is 756. The molecule has 2 unspecified atom stereocenters. The van der Waals surface area contributed by atoms with Crippen molar-refractivity contribution in [1.29, 1.82) is 0 Å². The monoisotopic (exact) mass is 376 g/mol. The van der Waals surface area contributed by atoms with E-state index in [1.54, 1.807) is 12.2 Å². The van der Waals surface area contributed by atoms with E-state index in [4.69, 9.17) is 0 Å². The van der Waals surface area contributed by atoms with E-state index in [0.29, 0.717) is 6.42 Å². The third kappa shape index (κ3) is 2.30. The number of hydrogen-bond donors (Lipinski definition) is 4. The molecule has 3 saturated carbocycles. The molecule has 148 valence electrons. The van der Waals surface area contributed by atoms with Gasteiger partial charge in [0.05, 0.1) is 6.10 Å². The molecule has 3 fully saturated rings. The number of hydrogen-bond acceptors (Lipinski definition) is 5. The van der Waals surface area contributed by atoms with Gasteiger partial charge in [0.25, 0.3) is 0 Å². The number of aliphatic carboxylic acids is 1. The Hall–Kier alpha value is -1.50. The van der Waals surface area contributed by atoms with Gasteiger partial charge in [-0.2, -0.15) is 0 Å². The third-order valence-electron chi connectivity index (χ3n) is 8.40. The van der Waals surface area contributed by atoms with Crippen LogP contribution in [0.5, 0.6) is 0 Å². The number of aliphatic hydroxyl groups excluding tert-OH is 2. The summed E-state index contributed by atoms with van der Waals surface area (Å²) in [5.74, 6) is -1.39. The van der Waals surface area contributed by atoms with Crippen molar-refractivity contribution in [2.45, 2.75) is 63.8 Å². The maximum atomic E-state index is 11.8. The lowest BCUT2D eigenvalue weighted by atomic mass is 9.46. The molecule has 8 atom stereocenters. The summed E-state index contributed by atoms with van der Waals surface area (Å²) in [7, 11) is 0. The van der Waals surface area contributed by atoms with Crippen LogP contribution in [-0.4, -0.2) is 50.0 Å². The zero-order valence-corrected chi connectivity index (χ0v) is 15.8. The highest BCUT2D eigenvalue weighted by atomic mass is 16.4. The molecule has 27 heavy (non-hydrogen) atoms. The second kappa shape index (κ2) is 5.75. The number of fused-ring (bicyclic) bond motifs is 5. The molecule has 0 bridgehead atoms. The Morgan fingerprint density at radius 1 is 1.30 bits per heavy atom. The highest BCUT2D eigenvalue weighted by Crippen LogP contribution is 2.67. The molecule has 0 saturated heterocycles. The summed E-state index contributed by atoms with van der Waals surface area (Å²) in [5, 5.41) is 41.9. The number of allylic oxidation sites excluding steroid dienone is 4. The van der Waals surface area contributed by atoms with Crippen molar-refractivity contribution in [1.82, 2.24) is 0 Å². The normalized spacial score (nSPS) is 49.7. The number of carboxylic acids is 1.